The molecule has 0 aliphatic carbocycles. The number of hydrogen-bond acceptors (Lipinski definition) is 6. The third kappa shape index (κ3) is 6.16. The molecule has 3 heterocycles. The Morgan fingerprint density at radius 3 is 2.61 bits per heavy atom. The van der Waals surface area contributed by atoms with Crippen molar-refractivity contribution in [2.45, 2.75) is 94.1 Å². The summed E-state index contributed by atoms with van der Waals surface area (Å²) in [7, 11) is 0. The van der Waals surface area contributed by atoms with E-state index in [9.17, 15) is 14.4 Å². The van der Waals surface area contributed by atoms with Crippen molar-refractivity contribution in [2.24, 2.45) is 17.8 Å². The highest BCUT2D eigenvalue weighted by Crippen LogP contribution is 2.68. The molecule has 3 saturated heterocycles. The number of unbranched alkanes of at least 4 members (excludes halogenated alkanes) is 6. The molecule has 6 atom stereocenters. The fraction of sp³-hybridized carbons (Fsp3) is 0.767. The zero-order valence-corrected chi connectivity index (χ0v) is 24.3. The van der Waals surface area contributed by atoms with E-state index in [-0.39, 0.29) is 35.6 Å². The van der Waals surface area contributed by atoms with Crippen LogP contribution in [0.15, 0.2) is 25.3 Å². The summed E-state index contributed by atoms with van der Waals surface area (Å²) in [6.45, 7) is 14.0. The van der Waals surface area contributed by atoms with Crippen LogP contribution in [0.4, 0.5) is 0 Å². The zero-order valence-electron chi connectivity index (χ0n) is 23.4. The van der Waals surface area contributed by atoms with Crippen LogP contribution >= 0.6 is 11.8 Å². The van der Waals surface area contributed by atoms with E-state index in [0.29, 0.717) is 26.2 Å². The van der Waals surface area contributed by atoms with E-state index >= 15 is 0 Å². The van der Waals surface area contributed by atoms with Gasteiger partial charge in [-0.1, -0.05) is 45.3 Å². The molecule has 38 heavy (non-hydrogen) atoms. The third-order valence-electron chi connectivity index (χ3n) is 8.55. The predicted octanol–water partition coefficient (Wildman–Crippen LogP) is 4.59. The van der Waals surface area contributed by atoms with Crippen LogP contribution in [0.3, 0.4) is 0 Å². The Bertz CT molecular complexity index is 850. The number of esters is 1. The topological polar surface area (TPSA) is 87.1 Å². The lowest BCUT2D eigenvalue weighted by Crippen LogP contribution is -2.57. The summed E-state index contributed by atoms with van der Waals surface area (Å²) in [5, 5.41) is 9.14. The maximum Gasteiger partial charge on any atom is 0.310 e. The molecule has 2 amide bonds. The highest BCUT2D eigenvalue weighted by atomic mass is 32.2. The summed E-state index contributed by atoms with van der Waals surface area (Å²) in [6.07, 6.45) is 12.2. The molecule has 0 aromatic heterocycles. The molecule has 3 unspecified atom stereocenters. The summed E-state index contributed by atoms with van der Waals surface area (Å²) in [5.41, 5.74) is 0. The van der Waals surface area contributed by atoms with Gasteiger partial charge in [0.1, 0.15) is 6.04 Å². The van der Waals surface area contributed by atoms with E-state index < -0.39 is 22.6 Å². The fourth-order valence-corrected chi connectivity index (χ4v) is 9.09. The first kappa shape index (κ1) is 30.7. The number of amides is 2. The van der Waals surface area contributed by atoms with Crippen LogP contribution in [-0.4, -0.2) is 81.6 Å². The lowest BCUT2D eigenvalue weighted by molar-refractivity contribution is -0.154. The summed E-state index contributed by atoms with van der Waals surface area (Å²) in [5.74, 6) is -1.23. The normalized spacial score (nSPS) is 29.4. The second-order valence-electron chi connectivity index (χ2n) is 11.1. The van der Waals surface area contributed by atoms with Crippen molar-refractivity contribution in [3.05, 3.63) is 25.3 Å². The molecule has 2 bridgehead atoms. The standard InChI is InChI=1S/C30H48N2O5S/c1-5-8-10-15-20-37-29(36)24-23-21-22(4)30(38-23)25(24)27(34)32(18-13-11-12-14-19-33)26(30)28(35)31(16-7-3)17-9-6-2/h5,7,22-26,33H,1,3,6,8-21H2,2,4H3/t22?,23-,24+,25+,26?,30?/m1/s1. The summed E-state index contributed by atoms with van der Waals surface area (Å²) in [6, 6.07) is -0.579. The van der Waals surface area contributed by atoms with Gasteiger partial charge in [-0.15, -0.1) is 24.9 Å². The number of fused-ring (bicyclic) bond motifs is 1. The minimum Gasteiger partial charge on any atom is -0.465 e. The largest absolute Gasteiger partial charge is 0.465 e. The van der Waals surface area contributed by atoms with E-state index in [1.165, 1.54) is 0 Å². The first-order chi connectivity index (χ1) is 18.4. The van der Waals surface area contributed by atoms with Gasteiger partial charge in [-0.2, -0.15) is 0 Å². The number of allylic oxidation sites excluding steroid dienone is 1. The van der Waals surface area contributed by atoms with Crippen LogP contribution in [0.25, 0.3) is 0 Å². The van der Waals surface area contributed by atoms with Crippen molar-refractivity contribution < 1.29 is 24.2 Å². The Kier molecular flexibility index (Phi) is 11.8. The average Bonchev–Trinajstić information content (AvgIpc) is 3.49. The minimum atomic E-state index is -0.609. The summed E-state index contributed by atoms with van der Waals surface area (Å²) >= 11 is 1.71. The minimum absolute atomic E-state index is 0.00475. The number of aliphatic hydroxyl groups excluding tert-OH is 1. The van der Waals surface area contributed by atoms with Gasteiger partial charge in [0.05, 0.1) is 23.2 Å². The Balaban J connectivity index is 1.88. The van der Waals surface area contributed by atoms with E-state index in [1.54, 1.807) is 17.8 Å². The zero-order chi connectivity index (χ0) is 27.7. The Labute approximate surface area is 233 Å². The van der Waals surface area contributed by atoms with Gasteiger partial charge in [-0.25, -0.2) is 0 Å². The highest BCUT2D eigenvalue weighted by Gasteiger charge is 2.76. The van der Waals surface area contributed by atoms with Crippen molar-refractivity contribution in [3.8, 4) is 0 Å². The molecule has 3 rings (SSSR count). The van der Waals surface area contributed by atoms with Gasteiger partial charge >= 0.3 is 5.97 Å². The molecule has 3 fully saturated rings. The lowest BCUT2D eigenvalue weighted by atomic mass is 9.66. The second kappa shape index (κ2) is 14.5. The SMILES string of the molecule is C=CCCCCOC(=O)[C@@H]1[C@H]2C(=O)N(CCCCCCO)C(C(=O)N(CC=C)CCCC)C23S[C@@H]1CC3C. The van der Waals surface area contributed by atoms with Crippen LogP contribution in [-0.2, 0) is 19.1 Å². The molecule has 8 heteroatoms. The maximum atomic E-state index is 14.3. The van der Waals surface area contributed by atoms with E-state index in [4.69, 9.17) is 9.84 Å². The highest BCUT2D eigenvalue weighted by molar-refractivity contribution is 8.02. The van der Waals surface area contributed by atoms with Crippen LogP contribution in [0.2, 0.25) is 0 Å². The van der Waals surface area contributed by atoms with Gasteiger partial charge in [0, 0.05) is 31.5 Å². The van der Waals surface area contributed by atoms with Crippen LogP contribution < -0.4 is 0 Å². The maximum absolute atomic E-state index is 14.3. The molecule has 3 aliphatic heterocycles. The van der Waals surface area contributed by atoms with Gasteiger partial charge in [0.25, 0.3) is 0 Å². The van der Waals surface area contributed by atoms with Crippen molar-refractivity contribution >= 4 is 29.5 Å². The Morgan fingerprint density at radius 1 is 1.16 bits per heavy atom. The number of ether oxygens (including phenoxy) is 1. The number of likely N-dealkylation sites (tertiary alicyclic amines) is 1. The summed E-state index contributed by atoms with van der Waals surface area (Å²) < 4.78 is 5.11. The van der Waals surface area contributed by atoms with Crippen molar-refractivity contribution in [2.75, 3.05) is 32.8 Å². The smallest absolute Gasteiger partial charge is 0.310 e. The first-order valence-corrected chi connectivity index (χ1v) is 15.5. The third-order valence-corrected chi connectivity index (χ3v) is 10.6. The Hall–Kier alpha value is -1.80. The van der Waals surface area contributed by atoms with Crippen molar-refractivity contribution in [1.29, 1.82) is 0 Å². The number of nitrogens with zero attached hydrogens (tertiary/aromatic N) is 2. The first-order valence-electron chi connectivity index (χ1n) is 14.6. The number of rotatable bonds is 18. The van der Waals surface area contributed by atoms with Gasteiger partial charge in [0.2, 0.25) is 11.8 Å². The van der Waals surface area contributed by atoms with Gasteiger partial charge in [-0.3, -0.25) is 14.4 Å². The summed E-state index contributed by atoms with van der Waals surface area (Å²) in [4.78, 5) is 45.5. The lowest BCUT2D eigenvalue weighted by Gasteiger charge is -2.40. The predicted molar refractivity (Wildman–Crippen MR) is 153 cm³/mol. The van der Waals surface area contributed by atoms with Gasteiger partial charge in [0.15, 0.2) is 0 Å². The monoisotopic (exact) mass is 548 g/mol. The Morgan fingerprint density at radius 2 is 1.92 bits per heavy atom. The van der Waals surface area contributed by atoms with Crippen LogP contribution in [0, 0.1) is 17.8 Å². The van der Waals surface area contributed by atoms with Gasteiger partial charge < -0.3 is 19.6 Å². The van der Waals surface area contributed by atoms with E-state index in [2.05, 4.69) is 27.0 Å². The van der Waals surface area contributed by atoms with Crippen molar-refractivity contribution in [1.82, 2.24) is 9.80 Å². The molecule has 0 aromatic carbocycles. The number of carbonyl (C=O) groups excluding carboxylic acids is 3. The quantitative estimate of drug-likeness (QED) is 0.153. The molecule has 3 aliphatic rings. The molecule has 214 valence electrons. The number of carbonyl (C=O) groups is 3. The van der Waals surface area contributed by atoms with Crippen LogP contribution in [0.5, 0.6) is 0 Å². The van der Waals surface area contributed by atoms with E-state index in [1.807, 2.05) is 15.9 Å². The molecular weight excluding hydrogens is 500 g/mol. The fourth-order valence-electron chi connectivity index (χ4n) is 6.68. The number of thioether (sulfide) groups is 1. The van der Waals surface area contributed by atoms with Crippen molar-refractivity contribution in [3.63, 3.8) is 0 Å². The number of hydrogen-bond donors (Lipinski definition) is 1. The molecule has 0 radical (unpaired) electrons. The van der Waals surface area contributed by atoms with Crippen LogP contribution in [0.1, 0.15) is 78.1 Å². The van der Waals surface area contributed by atoms with E-state index in [0.717, 1.165) is 64.2 Å². The average molecular weight is 549 g/mol. The van der Waals surface area contributed by atoms with Gasteiger partial charge in [-0.05, 0) is 50.9 Å². The molecule has 0 aromatic rings. The molecule has 1 spiro atoms. The number of aliphatic hydroxyl groups is 1. The molecule has 1 N–H and O–H groups in total. The molecular formula is C30H48N2O5S. The second-order valence-corrected chi connectivity index (χ2v) is 12.6. The molecule has 0 saturated carbocycles. The molecule has 7 nitrogen and oxygen atoms in total.